The second-order valence-electron chi connectivity index (χ2n) is 5.61. The van der Waals surface area contributed by atoms with Crippen LogP contribution in [0.15, 0.2) is 41.8 Å². The van der Waals surface area contributed by atoms with Gasteiger partial charge in [0.15, 0.2) is 0 Å². The van der Waals surface area contributed by atoms with Gasteiger partial charge in [0.1, 0.15) is 5.82 Å². The van der Waals surface area contributed by atoms with Crippen molar-refractivity contribution in [3.8, 4) is 0 Å². The van der Waals surface area contributed by atoms with Crippen LogP contribution >= 0.6 is 11.3 Å². The second-order valence-corrected chi connectivity index (χ2v) is 6.65. The molecule has 1 saturated heterocycles. The van der Waals surface area contributed by atoms with Gasteiger partial charge in [-0.15, -0.1) is 11.3 Å². The molecule has 0 spiro atoms. The van der Waals surface area contributed by atoms with Crippen LogP contribution in [0, 0.1) is 5.82 Å². The molecular weight excluding hydrogens is 347 g/mol. The highest BCUT2D eigenvalue weighted by Gasteiger charge is 2.49. The second kappa shape index (κ2) is 7.20. The number of thiophene rings is 1. The summed E-state index contributed by atoms with van der Waals surface area (Å²) < 4.78 is 17.9. The van der Waals surface area contributed by atoms with E-state index in [0.29, 0.717) is 18.7 Å². The zero-order chi connectivity index (χ0) is 17.9. The van der Waals surface area contributed by atoms with Gasteiger partial charge < -0.3 is 20.1 Å². The standard InChI is InChI=1S/C17H17FN2O4S/c18-12-3-5-13(6-4-12)20-10-8-17(23,15(20)21)24-16(22)19-9-7-14-2-1-11-25-14/h1-6,11,23H,7-10H2,(H,19,22)/t17-/m0/s1. The van der Waals surface area contributed by atoms with Crippen molar-refractivity contribution in [1.29, 1.82) is 0 Å². The number of nitrogens with one attached hydrogen (secondary N) is 1. The number of alkyl carbamates (subject to hydrolysis) is 1. The van der Waals surface area contributed by atoms with Gasteiger partial charge >= 0.3 is 6.09 Å². The Labute approximate surface area is 147 Å². The number of anilines is 1. The first-order chi connectivity index (χ1) is 12.0. The molecule has 1 aromatic heterocycles. The monoisotopic (exact) mass is 364 g/mol. The van der Waals surface area contributed by atoms with Gasteiger partial charge in [0, 0.05) is 30.1 Å². The maximum atomic E-state index is 13.0. The largest absolute Gasteiger partial charge is 0.410 e. The van der Waals surface area contributed by atoms with Crippen molar-refractivity contribution >= 4 is 29.0 Å². The van der Waals surface area contributed by atoms with E-state index < -0.39 is 23.6 Å². The van der Waals surface area contributed by atoms with Crippen LogP contribution in [0.1, 0.15) is 11.3 Å². The van der Waals surface area contributed by atoms with E-state index in [1.165, 1.54) is 29.2 Å². The van der Waals surface area contributed by atoms with Gasteiger partial charge in [-0.3, -0.25) is 4.79 Å². The molecule has 0 radical (unpaired) electrons. The molecule has 1 aliphatic rings. The molecule has 2 heterocycles. The lowest BCUT2D eigenvalue weighted by Gasteiger charge is -2.22. The Kier molecular flexibility index (Phi) is 5.00. The molecule has 2 N–H and O–H groups in total. The van der Waals surface area contributed by atoms with Crippen LogP contribution in [0.3, 0.4) is 0 Å². The van der Waals surface area contributed by atoms with Crippen molar-refractivity contribution in [1.82, 2.24) is 5.32 Å². The SMILES string of the molecule is O=C(NCCc1cccs1)O[C@@]1(O)CCN(c2ccc(F)cc2)C1=O. The van der Waals surface area contributed by atoms with Gasteiger partial charge in [0.25, 0.3) is 11.7 Å². The number of benzene rings is 1. The van der Waals surface area contributed by atoms with Crippen molar-refractivity contribution in [2.75, 3.05) is 18.0 Å². The van der Waals surface area contributed by atoms with Crippen molar-refractivity contribution in [2.45, 2.75) is 18.6 Å². The Balaban J connectivity index is 1.55. The van der Waals surface area contributed by atoms with Gasteiger partial charge in [-0.1, -0.05) is 6.07 Å². The third-order valence-corrected chi connectivity index (χ3v) is 4.81. The van der Waals surface area contributed by atoms with E-state index in [4.69, 9.17) is 4.74 Å². The molecule has 0 aliphatic carbocycles. The van der Waals surface area contributed by atoms with E-state index in [1.54, 1.807) is 11.3 Å². The Morgan fingerprint density at radius 3 is 2.80 bits per heavy atom. The lowest BCUT2D eigenvalue weighted by Crippen LogP contribution is -2.46. The number of amides is 2. The number of hydrogen-bond donors (Lipinski definition) is 2. The molecule has 1 atom stereocenters. The van der Waals surface area contributed by atoms with E-state index in [1.807, 2.05) is 17.5 Å². The molecule has 2 amide bonds. The number of hydrogen-bond acceptors (Lipinski definition) is 5. The molecule has 8 heteroatoms. The van der Waals surface area contributed by atoms with E-state index in [9.17, 15) is 19.1 Å². The zero-order valence-electron chi connectivity index (χ0n) is 13.3. The smallest absolute Gasteiger partial charge is 0.407 e. The molecular formula is C17H17FN2O4S. The minimum atomic E-state index is -2.21. The lowest BCUT2D eigenvalue weighted by molar-refractivity contribution is -0.175. The average Bonchev–Trinajstić information content (AvgIpc) is 3.18. The Hall–Kier alpha value is -2.45. The summed E-state index contributed by atoms with van der Waals surface area (Å²) >= 11 is 1.58. The first-order valence-corrected chi connectivity index (χ1v) is 8.65. The minimum Gasteiger partial charge on any atom is -0.407 e. The van der Waals surface area contributed by atoms with Gasteiger partial charge in [-0.25, -0.2) is 9.18 Å². The molecule has 2 aromatic rings. The fourth-order valence-corrected chi connectivity index (χ4v) is 3.29. The van der Waals surface area contributed by atoms with Crippen LogP contribution in [0.5, 0.6) is 0 Å². The first-order valence-electron chi connectivity index (χ1n) is 7.77. The van der Waals surface area contributed by atoms with Crippen molar-refractivity contribution in [3.05, 3.63) is 52.5 Å². The summed E-state index contributed by atoms with van der Waals surface area (Å²) in [6.45, 7) is 0.509. The predicted molar refractivity (Wildman–Crippen MR) is 90.8 cm³/mol. The molecule has 3 rings (SSSR count). The van der Waals surface area contributed by atoms with E-state index in [2.05, 4.69) is 5.32 Å². The summed E-state index contributed by atoms with van der Waals surface area (Å²) in [7, 11) is 0. The molecule has 0 saturated carbocycles. The molecule has 132 valence electrons. The predicted octanol–water partition coefficient (Wildman–Crippen LogP) is 2.28. The van der Waals surface area contributed by atoms with Crippen LogP contribution in [0.2, 0.25) is 0 Å². The summed E-state index contributed by atoms with van der Waals surface area (Å²) in [6, 6.07) is 9.17. The van der Waals surface area contributed by atoms with Crippen LogP contribution in [0.25, 0.3) is 0 Å². The third kappa shape index (κ3) is 3.97. The maximum absolute atomic E-state index is 13.0. The summed E-state index contributed by atoms with van der Waals surface area (Å²) in [4.78, 5) is 26.6. The first kappa shape index (κ1) is 17.4. The third-order valence-electron chi connectivity index (χ3n) is 3.87. The van der Waals surface area contributed by atoms with Crippen molar-refractivity contribution in [2.24, 2.45) is 0 Å². The minimum absolute atomic E-state index is 0.0540. The highest BCUT2D eigenvalue weighted by atomic mass is 32.1. The average molecular weight is 364 g/mol. The molecule has 0 bridgehead atoms. The van der Waals surface area contributed by atoms with E-state index >= 15 is 0 Å². The normalized spacial score (nSPS) is 19.9. The topological polar surface area (TPSA) is 78.9 Å². The van der Waals surface area contributed by atoms with Crippen LogP contribution in [0.4, 0.5) is 14.9 Å². The number of nitrogens with zero attached hydrogens (tertiary/aromatic N) is 1. The van der Waals surface area contributed by atoms with E-state index in [0.717, 1.165) is 4.88 Å². The molecule has 25 heavy (non-hydrogen) atoms. The summed E-state index contributed by atoms with van der Waals surface area (Å²) in [5, 5.41) is 14.8. The van der Waals surface area contributed by atoms with Gasteiger partial charge in [0.2, 0.25) is 0 Å². The van der Waals surface area contributed by atoms with Gasteiger partial charge in [-0.2, -0.15) is 0 Å². The van der Waals surface area contributed by atoms with Crippen LogP contribution < -0.4 is 10.2 Å². The molecule has 1 fully saturated rings. The van der Waals surface area contributed by atoms with Gasteiger partial charge in [0.05, 0.1) is 0 Å². The van der Waals surface area contributed by atoms with Crippen molar-refractivity contribution in [3.63, 3.8) is 0 Å². The van der Waals surface area contributed by atoms with Crippen molar-refractivity contribution < 1.29 is 23.8 Å². The van der Waals surface area contributed by atoms with Crippen LogP contribution in [-0.4, -0.2) is 36.0 Å². The highest BCUT2D eigenvalue weighted by Crippen LogP contribution is 2.29. The summed E-state index contributed by atoms with van der Waals surface area (Å²) in [5.41, 5.74) is 0.434. The molecule has 1 aliphatic heterocycles. The number of ether oxygens (including phenoxy) is 1. The Morgan fingerprint density at radius 1 is 1.36 bits per heavy atom. The van der Waals surface area contributed by atoms with E-state index in [-0.39, 0.29) is 13.0 Å². The number of aliphatic hydroxyl groups is 1. The molecule has 6 nitrogen and oxygen atoms in total. The zero-order valence-corrected chi connectivity index (χ0v) is 14.1. The number of rotatable bonds is 5. The quantitative estimate of drug-likeness (QED) is 0.798. The fourth-order valence-electron chi connectivity index (χ4n) is 2.58. The Morgan fingerprint density at radius 2 is 2.12 bits per heavy atom. The number of halogens is 1. The van der Waals surface area contributed by atoms with Crippen LogP contribution in [-0.2, 0) is 16.0 Å². The van der Waals surface area contributed by atoms with Gasteiger partial charge in [-0.05, 0) is 42.1 Å². The fraction of sp³-hybridized carbons (Fsp3) is 0.294. The Bertz CT molecular complexity index is 751. The highest BCUT2D eigenvalue weighted by molar-refractivity contribution is 7.09. The molecule has 0 unspecified atom stereocenters. The maximum Gasteiger partial charge on any atom is 0.410 e. The lowest BCUT2D eigenvalue weighted by atomic mass is 10.2. The summed E-state index contributed by atoms with van der Waals surface area (Å²) in [6.07, 6.45) is -0.268. The number of carbonyl (C=O) groups is 2. The summed E-state index contributed by atoms with van der Waals surface area (Å²) in [5.74, 6) is -3.37. The molecule has 1 aromatic carbocycles. The number of carbonyl (C=O) groups excluding carboxylic acids is 2.